The quantitative estimate of drug-likeness (QED) is 0.204. The van der Waals surface area contributed by atoms with E-state index in [1.807, 2.05) is 73.0 Å². The highest BCUT2D eigenvalue weighted by atomic mass is 79.9. The fraction of sp³-hybridized carbons (Fsp3) is 0.129. The number of barbiturate groups is 1. The van der Waals surface area contributed by atoms with Crippen molar-refractivity contribution < 1.29 is 23.9 Å². The maximum absolute atomic E-state index is 13.3. The first-order valence-corrected chi connectivity index (χ1v) is 13.3. The molecule has 0 spiro atoms. The Hall–Kier alpha value is -4.63. The van der Waals surface area contributed by atoms with Gasteiger partial charge in [-0.1, -0.05) is 28.1 Å². The van der Waals surface area contributed by atoms with E-state index in [0.717, 1.165) is 37.8 Å². The van der Waals surface area contributed by atoms with E-state index < -0.39 is 17.8 Å². The van der Waals surface area contributed by atoms with Gasteiger partial charge in [0.2, 0.25) is 0 Å². The Bertz CT molecular complexity index is 1620. The molecule has 0 aliphatic carbocycles. The third kappa shape index (κ3) is 5.41. The summed E-state index contributed by atoms with van der Waals surface area (Å²) in [6.07, 6.45) is 1.52. The third-order valence-corrected chi connectivity index (χ3v) is 7.14. The Morgan fingerprint density at radius 2 is 1.48 bits per heavy atom. The molecule has 40 heavy (non-hydrogen) atoms. The minimum atomic E-state index is -0.801. The summed E-state index contributed by atoms with van der Waals surface area (Å²) in [6.45, 7) is 4.32. The number of benzene rings is 3. The maximum Gasteiger partial charge on any atom is 0.335 e. The number of aryl methyl sites for hydroxylation is 1. The van der Waals surface area contributed by atoms with Gasteiger partial charge in [-0.25, -0.2) is 9.69 Å². The molecule has 9 heteroatoms. The molecule has 1 aliphatic heterocycles. The highest BCUT2D eigenvalue weighted by Gasteiger charge is 2.37. The lowest BCUT2D eigenvalue weighted by Crippen LogP contribution is -2.54. The number of methoxy groups -OCH3 is 1. The van der Waals surface area contributed by atoms with Crippen molar-refractivity contribution >= 4 is 45.5 Å². The van der Waals surface area contributed by atoms with Crippen LogP contribution in [0, 0.1) is 13.8 Å². The van der Waals surface area contributed by atoms with E-state index in [4.69, 9.17) is 9.47 Å². The number of anilines is 1. The molecule has 1 fully saturated rings. The summed E-state index contributed by atoms with van der Waals surface area (Å²) < 4.78 is 14.1. The van der Waals surface area contributed by atoms with E-state index in [2.05, 4.69) is 21.2 Å². The van der Waals surface area contributed by atoms with Crippen LogP contribution in [0.15, 0.2) is 88.9 Å². The van der Waals surface area contributed by atoms with Crippen LogP contribution in [-0.2, 0) is 16.2 Å². The summed E-state index contributed by atoms with van der Waals surface area (Å²) in [5.74, 6) is -0.117. The fourth-order valence-corrected chi connectivity index (χ4v) is 4.81. The van der Waals surface area contributed by atoms with Gasteiger partial charge in [-0.05, 0) is 97.8 Å². The van der Waals surface area contributed by atoms with E-state index in [1.165, 1.54) is 13.2 Å². The Morgan fingerprint density at radius 1 is 0.850 bits per heavy atom. The van der Waals surface area contributed by atoms with Crippen molar-refractivity contribution in [3.8, 4) is 17.2 Å². The first kappa shape index (κ1) is 27.0. The van der Waals surface area contributed by atoms with Gasteiger partial charge >= 0.3 is 6.03 Å². The van der Waals surface area contributed by atoms with Crippen molar-refractivity contribution in [3.05, 3.63) is 111 Å². The topological polar surface area (TPSA) is 89.9 Å². The minimum absolute atomic E-state index is 0.132. The van der Waals surface area contributed by atoms with Gasteiger partial charge in [0.15, 0.2) is 0 Å². The number of halogens is 1. The molecule has 1 aromatic heterocycles. The smallest absolute Gasteiger partial charge is 0.335 e. The zero-order valence-corrected chi connectivity index (χ0v) is 23.7. The molecule has 2 heterocycles. The molecular weight excluding hydrogens is 574 g/mol. The summed E-state index contributed by atoms with van der Waals surface area (Å²) in [6, 6.07) is 23.2. The van der Waals surface area contributed by atoms with Gasteiger partial charge in [0.05, 0.1) is 12.8 Å². The number of nitrogens with zero attached hydrogens (tertiary/aromatic N) is 2. The zero-order valence-electron chi connectivity index (χ0n) is 22.1. The van der Waals surface area contributed by atoms with Gasteiger partial charge < -0.3 is 14.0 Å². The van der Waals surface area contributed by atoms with Gasteiger partial charge in [0, 0.05) is 21.5 Å². The molecule has 0 radical (unpaired) electrons. The molecule has 202 valence electrons. The SMILES string of the molecule is COc1ccc(N2C(=O)NC(=O)/C(=C\c3cc(C)n(-c4ccc(OCc5ccc(Br)cc5)cc4)c3C)C2=O)cc1. The van der Waals surface area contributed by atoms with Crippen molar-refractivity contribution in [2.45, 2.75) is 20.5 Å². The highest BCUT2D eigenvalue weighted by molar-refractivity contribution is 9.10. The van der Waals surface area contributed by atoms with Gasteiger partial charge in [-0.3, -0.25) is 14.9 Å². The second-order valence-electron chi connectivity index (χ2n) is 9.23. The summed E-state index contributed by atoms with van der Waals surface area (Å²) in [4.78, 5) is 39.5. The van der Waals surface area contributed by atoms with E-state index in [9.17, 15) is 14.4 Å². The molecule has 4 aromatic rings. The molecule has 0 saturated carbocycles. The lowest BCUT2D eigenvalue weighted by atomic mass is 10.1. The van der Waals surface area contributed by atoms with Gasteiger partial charge in [0.25, 0.3) is 11.8 Å². The molecule has 0 bridgehead atoms. The predicted octanol–water partition coefficient (Wildman–Crippen LogP) is 6.11. The Balaban J connectivity index is 1.38. The number of hydrogen-bond donors (Lipinski definition) is 1. The predicted molar refractivity (Wildman–Crippen MR) is 156 cm³/mol. The normalized spacial score (nSPS) is 14.4. The molecule has 5 rings (SSSR count). The van der Waals surface area contributed by atoms with Crippen LogP contribution in [0.1, 0.15) is 22.5 Å². The number of nitrogens with one attached hydrogen (secondary N) is 1. The first-order valence-electron chi connectivity index (χ1n) is 12.5. The zero-order chi connectivity index (χ0) is 28.4. The second kappa shape index (κ2) is 11.2. The number of aromatic nitrogens is 1. The summed E-state index contributed by atoms with van der Waals surface area (Å²) >= 11 is 3.43. The van der Waals surface area contributed by atoms with Crippen LogP contribution in [0.3, 0.4) is 0 Å². The Morgan fingerprint density at radius 3 is 2.12 bits per heavy atom. The molecule has 1 N–H and O–H groups in total. The standard InChI is InChI=1S/C31H26BrN3O5/c1-19-16-22(17-28-29(36)33-31(38)35(30(28)37)25-8-12-26(39-3)13-9-25)20(2)34(19)24-10-14-27(15-11-24)40-18-21-4-6-23(32)7-5-21/h4-17H,18H2,1-3H3,(H,33,36,38)/b28-17+. The van der Waals surface area contributed by atoms with Crippen LogP contribution < -0.4 is 19.7 Å². The summed E-state index contributed by atoms with van der Waals surface area (Å²) in [5.41, 5.74) is 4.61. The summed E-state index contributed by atoms with van der Waals surface area (Å²) in [7, 11) is 1.53. The van der Waals surface area contributed by atoms with Crippen LogP contribution in [0.25, 0.3) is 11.8 Å². The van der Waals surface area contributed by atoms with Gasteiger partial charge in [-0.2, -0.15) is 0 Å². The average Bonchev–Trinajstić information content (AvgIpc) is 3.23. The monoisotopic (exact) mass is 599 g/mol. The largest absolute Gasteiger partial charge is 0.497 e. The molecule has 0 atom stereocenters. The number of ether oxygens (including phenoxy) is 2. The molecule has 1 aliphatic rings. The van der Waals surface area contributed by atoms with Crippen LogP contribution in [0.4, 0.5) is 10.5 Å². The number of hydrogen-bond acceptors (Lipinski definition) is 5. The van der Waals surface area contributed by atoms with Crippen LogP contribution >= 0.6 is 15.9 Å². The van der Waals surface area contributed by atoms with Crippen LogP contribution in [-0.4, -0.2) is 29.5 Å². The van der Waals surface area contributed by atoms with E-state index in [-0.39, 0.29) is 5.57 Å². The fourth-order valence-electron chi connectivity index (χ4n) is 4.55. The Kier molecular flexibility index (Phi) is 7.57. The molecule has 8 nitrogen and oxygen atoms in total. The number of rotatable bonds is 7. The first-order chi connectivity index (χ1) is 19.2. The summed E-state index contributed by atoms with van der Waals surface area (Å²) in [5, 5.41) is 2.27. The number of amides is 4. The molecule has 1 saturated heterocycles. The second-order valence-corrected chi connectivity index (χ2v) is 10.1. The van der Waals surface area contributed by atoms with Gasteiger partial charge in [-0.15, -0.1) is 0 Å². The van der Waals surface area contributed by atoms with E-state index in [0.29, 0.717) is 23.6 Å². The van der Waals surface area contributed by atoms with Crippen molar-refractivity contribution in [2.24, 2.45) is 0 Å². The lowest BCUT2D eigenvalue weighted by molar-refractivity contribution is -0.122. The number of carbonyl (C=O) groups excluding carboxylic acids is 3. The average molecular weight is 600 g/mol. The maximum atomic E-state index is 13.3. The van der Waals surface area contributed by atoms with Crippen molar-refractivity contribution in [2.75, 3.05) is 12.0 Å². The lowest BCUT2D eigenvalue weighted by Gasteiger charge is -2.26. The van der Waals surface area contributed by atoms with E-state index in [1.54, 1.807) is 24.3 Å². The molecule has 0 unspecified atom stereocenters. The van der Waals surface area contributed by atoms with E-state index >= 15 is 0 Å². The number of imide groups is 2. The molecular formula is C31H26BrN3O5. The van der Waals surface area contributed by atoms with Crippen molar-refractivity contribution in [1.29, 1.82) is 0 Å². The molecule has 3 aromatic carbocycles. The number of urea groups is 1. The van der Waals surface area contributed by atoms with Crippen molar-refractivity contribution in [1.82, 2.24) is 9.88 Å². The van der Waals surface area contributed by atoms with Crippen molar-refractivity contribution in [3.63, 3.8) is 0 Å². The highest BCUT2D eigenvalue weighted by Crippen LogP contribution is 2.28. The third-order valence-electron chi connectivity index (χ3n) is 6.62. The minimum Gasteiger partial charge on any atom is -0.497 e. The van der Waals surface area contributed by atoms with Crippen LogP contribution in [0.2, 0.25) is 0 Å². The van der Waals surface area contributed by atoms with Gasteiger partial charge in [0.1, 0.15) is 23.7 Å². The van der Waals surface area contributed by atoms with Crippen LogP contribution in [0.5, 0.6) is 11.5 Å². The molecule has 4 amide bonds. The number of carbonyl (C=O) groups is 3. The Labute approximate surface area is 239 Å².